The van der Waals surface area contributed by atoms with Crippen molar-refractivity contribution in [2.75, 3.05) is 39.9 Å². The van der Waals surface area contributed by atoms with Gasteiger partial charge in [-0.05, 0) is 39.5 Å². The van der Waals surface area contributed by atoms with Gasteiger partial charge in [0.1, 0.15) is 0 Å². The molecule has 0 aromatic carbocycles. The highest BCUT2D eigenvalue weighted by Gasteiger charge is 2.76. The summed E-state index contributed by atoms with van der Waals surface area (Å²) in [7, 11) is 0.245. The van der Waals surface area contributed by atoms with Crippen LogP contribution in [0.4, 0.5) is 52.7 Å². The van der Waals surface area contributed by atoms with Crippen LogP contribution in [0.15, 0.2) is 0 Å². The number of alkyl halides is 12. The first-order chi connectivity index (χ1) is 17.0. The van der Waals surface area contributed by atoms with Gasteiger partial charge in [-0.1, -0.05) is 6.92 Å². The summed E-state index contributed by atoms with van der Waals surface area (Å²) in [5.74, 6) is -11.1. The van der Waals surface area contributed by atoms with E-state index in [1.165, 1.54) is 13.8 Å². The summed E-state index contributed by atoms with van der Waals surface area (Å²) in [6.45, 7) is 3.00. The van der Waals surface area contributed by atoms with Gasteiger partial charge < -0.3 is 14.2 Å². The van der Waals surface area contributed by atoms with Gasteiger partial charge in [0.05, 0.1) is 18.8 Å². The molecule has 0 aromatic heterocycles. The molecule has 2 saturated heterocycles. The van der Waals surface area contributed by atoms with Crippen molar-refractivity contribution in [1.29, 1.82) is 0 Å². The van der Waals surface area contributed by atoms with Gasteiger partial charge in [-0.15, -0.1) is 0 Å². The SMILES string of the molecule is CCOC(F)(F)C(F)(F)C(F)(F)N1CCC(C)CC1.COC(F)(F)C(F)(F)C(F)(F)N1CC(C)OC(C)C1. The molecule has 0 saturated carbocycles. The fourth-order valence-corrected chi connectivity index (χ4v) is 3.84. The minimum Gasteiger partial charge on any atom is -0.373 e. The van der Waals surface area contributed by atoms with E-state index in [4.69, 9.17) is 4.74 Å². The number of nitrogens with zero attached hydrogens (tertiary/aromatic N) is 2. The van der Waals surface area contributed by atoms with Gasteiger partial charge in [-0.25, -0.2) is 9.80 Å². The van der Waals surface area contributed by atoms with E-state index in [-0.39, 0.29) is 48.8 Å². The predicted octanol–water partition coefficient (Wildman–Crippen LogP) is 6.14. The zero-order valence-electron chi connectivity index (χ0n) is 21.3. The molecule has 0 radical (unpaired) electrons. The Hall–Kier alpha value is -1.04. The summed E-state index contributed by atoms with van der Waals surface area (Å²) in [5, 5.41) is 0. The lowest BCUT2D eigenvalue weighted by molar-refractivity contribution is -0.423. The van der Waals surface area contributed by atoms with Crippen molar-refractivity contribution in [2.24, 2.45) is 5.92 Å². The molecule has 2 unspecified atom stereocenters. The number of halogens is 12. The molecule has 2 heterocycles. The Kier molecular flexibility index (Phi) is 11.3. The molecule has 2 fully saturated rings. The summed E-state index contributed by atoms with van der Waals surface area (Å²) in [4.78, 5) is 0.110. The summed E-state index contributed by atoms with van der Waals surface area (Å²) >= 11 is 0. The van der Waals surface area contributed by atoms with Crippen molar-refractivity contribution in [3.8, 4) is 0 Å². The van der Waals surface area contributed by atoms with Crippen LogP contribution in [0, 0.1) is 5.92 Å². The van der Waals surface area contributed by atoms with E-state index in [1.54, 1.807) is 6.92 Å². The molecule has 0 spiro atoms. The molecule has 0 bridgehead atoms. The van der Waals surface area contributed by atoms with Gasteiger partial charge in [0.25, 0.3) is 0 Å². The van der Waals surface area contributed by atoms with Crippen molar-refractivity contribution < 1.29 is 66.9 Å². The maximum atomic E-state index is 13.7. The second kappa shape index (κ2) is 12.2. The summed E-state index contributed by atoms with van der Waals surface area (Å²) in [5.41, 5.74) is 0. The molecule has 0 aliphatic carbocycles. The lowest BCUT2D eigenvalue weighted by atomic mass is 9.98. The Morgan fingerprint density at radius 3 is 1.47 bits per heavy atom. The Balaban J connectivity index is 0.000000380. The highest BCUT2D eigenvalue weighted by atomic mass is 19.4. The van der Waals surface area contributed by atoms with E-state index in [0.29, 0.717) is 0 Å². The third-order valence-electron chi connectivity index (χ3n) is 6.07. The van der Waals surface area contributed by atoms with E-state index in [2.05, 4.69) is 9.47 Å². The number of likely N-dealkylation sites (tertiary alicyclic amines) is 1. The summed E-state index contributed by atoms with van der Waals surface area (Å²) in [6, 6.07) is -9.98. The fraction of sp³-hybridized carbons (Fsp3) is 1.00. The van der Waals surface area contributed by atoms with Crippen molar-refractivity contribution in [3.63, 3.8) is 0 Å². The average Bonchev–Trinajstić information content (AvgIpc) is 2.78. The van der Waals surface area contributed by atoms with Gasteiger partial charge in [0, 0.05) is 33.3 Å². The van der Waals surface area contributed by atoms with Gasteiger partial charge >= 0.3 is 36.2 Å². The van der Waals surface area contributed by atoms with Gasteiger partial charge in [-0.3, -0.25) is 0 Å². The first kappa shape index (κ1) is 35.0. The number of rotatable bonds is 9. The second-order valence-electron chi connectivity index (χ2n) is 9.23. The van der Waals surface area contributed by atoms with E-state index >= 15 is 0 Å². The van der Waals surface area contributed by atoms with Crippen LogP contribution in [0.1, 0.15) is 40.5 Å². The molecule has 2 aliphatic heterocycles. The average molecular weight is 588 g/mol. The molecule has 2 atom stereocenters. The molecule has 2 aliphatic rings. The molecular weight excluding hydrogens is 556 g/mol. The predicted molar refractivity (Wildman–Crippen MR) is 110 cm³/mol. The zero-order chi connectivity index (χ0) is 30.0. The Labute approximate surface area is 212 Å². The lowest BCUT2D eigenvalue weighted by Crippen LogP contribution is -2.66. The maximum Gasteiger partial charge on any atom is 0.427 e. The van der Waals surface area contributed by atoms with Crippen LogP contribution in [-0.2, 0) is 14.2 Å². The van der Waals surface area contributed by atoms with Crippen LogP contribution < -0.4 is 0 Å². The van der Waals surface area contributed by atoms with Crippen LogP contribution in [0.25, 0.3) is 0 Å². The van der Waals surface area contributed by atoms with Crippen molar-refractivity contribution in [1.82, 2.24) is 9.80 Å². The molecule has 0 aromatic rings. The minimum absolute atomic E-state index is 0.00123. The summed E-state index contributed by atoms with van der Waals surface area (Å²) in [6.07, 6.45) is -11.4. The van der Waals surface area contributed by atoms with Crippen LogP contribution in [-0.4, -0.2) is 98.1 Å². The fourth-order valence-electron chi connectivity index (χ4n) is 3.84. The van der Waals surface area contributed by atoms with E-state index in [9.17, 15) is 52.7 Å². The minimum atomic E-state index is -5.65. The number of hydrogen-bond acceptors (Lipinski definition) is 5. The van der Waals surface area contributed by atoms with Crippen LogP contribution in [0.3, 0.4) is 0 Å². The number of piperidine rings is 1. The van der Waals surface area contributed by atoms with Gasteiger partial charge in [0.15, 0.2) is 0 Å². The smallest absolute Gasteiger partial charge is 0.373 e. The molecule has 5 nitrogen and oxygen atoms in total. The Bertz CT molecular complexity index is 739. The third-order valence-corrected chi connectivity index (χ3v) is 6.07. The molecule has 38 heavy (non-hydrogen) atoms. The third kappa shape index (κ3) is 6.99. The Morgan fingerprint density at radius 1 is 0.684 bits per heavy atom. The van der Waals surface area contributed by atoms with E-state index < -0.39 is 68.1 Å². The highest BCUT2D eigenvalue weighted by molar-refractivity contribution is 4.94. The van der Waals surface area contributed by atoms with Crippen molar-refractivity contribution in [3.05, 3.63) is 0 Å². The topological polar surface area (TPSA) is 34.2 Å². The van der Waals surface area contributed by atoms with E-state index in [0.717, 1.165) is 6.92 Å². The van der Waals surface area contributed by atoms with Gasteiger partial charge in [0.2, 0.25) is 0 Å². The first-order valence-electron chi connectivity index (χ1n) is 11.6. The lowest BCUT2D eigenvalue weighted by Gasteiger charge is -2.43. The highest BCUT2D eigenvalue weighted by Crippen LogP contribution is 2.49. The molecule has 17 heteroatoms. The quantitative estimate of drug-likeness (QED) is 0.239. The second-order valence-corrected chi connectivity index (χ2v) is 9.23. The molecule has 0 amide bonds. The van der Waals surface area contributed by atoms with Crippen LogP contribution >= 0.6 is 0 Å². The van der Waals surface area contributed by atoms with Crippen LogP contribution in [0.2, 0.25) is 0 Å². The van der Waals surface area contributed by atoms with Crippen molar-refractivity contribution in [2.45, 2.75) is 88.9 Å². The number of morpholine rings is 1. The van der Waals surface area contributed by atoms with Crippen LogP contribution in [0.5, 0.6) is 0 Å². The number of hydrogen-bond donors (Lipinski definition) is 0. The number of ether oxygens (including phenoxy) is 3. The standard InChI is InChI=1S/C11H17F6NO.C10H15F6NO2/c1-3-19-11(16,17)9(12,13)10(14,15)18-6-4-8(2)5-7-18;1-6-4-17(5-7(2)19-6)9(13,14)8(11,12)10(15,16)18-3/h8H,3-7H2,1-2H3;6-7H,4-5H2,1-3H3. The zero-order valence-corrected chi connectivity index (χ0v) is 21.3. The first-order valence-corrected chi connectivity index (χ1v) is 11.6. The summed E-state index contributed by atoms with van der Waals surface area (Å²) < 4.78 is 172. The molecule has 2 rings (SSSR count). The largest absolute Gasteiger partial charge is 0.427 e. The molecular formula is C21H32F12N2O3. The number of methoxy groups -OCH3 is 1. The molecule has 0 N–H and O–H groups in total. The normalized spacial score (nSPS) is 24.2. The van der Waals surface area contributed by atoms with Crippen molar-refractivity contribution >= 4 is 0 Å². The van der Waals surface area contributed by atoms with Gasteiger partial charge in [-0.2, -0.15) is 52.7 Å². The maximum absolute atomic E-state index is 13.7. The molecule has 228 valence electrons. The monoisotopic (exact) mass is 588 g/mol. The Morgan fingerprint density at radius 2 is 1.08 bits per heavy atom. The van der Waals surface area contributed by atoms with E-state index in [1.807, 2.05) is 0 Å².